The second-order valence-corrected chi connectivity index (χ2v) is 18.9. The summed E-state index contributed by atoms with van der Waals surface area (Å²) in [6.07, 6.45) is 1.77. The minimum absolute atomic E-state index is 0.0535. The number of aromatic nitrogens is 1. The van der Waals surface area contributed by atoms with Gasteiger partial charge in [-0.05, 0) is 92.8 Å². The summed E-state index contributed by atoms with van der Waals surface area (Å²) >= 11 is 1.82. The molecule has 1 aliphatic carbocycles. The fourth-order valence-electron chi connectivity index (χ4n) is 10.8. The molecule has 3 atom stereocenters. The lowest BCUT2D eigenvalue weighted by Gasteiger charge is -2.34. The Balaban J connectivity index is 0.997. The maximum atomic E-state index is 7.05. The molecule has 66 heavy (non-hydrogen) atoms. The van der Waals surface area contributed by atoms with Gasteiger partial charge in [-0.2, -0.15) is 0 Å². The highest BCUT2D eigenvalue weighted by atomic mass is 32.1. The largest absolute Gasteiger partial charge is 0.456 e. The zero-order valence-corrected chi connectivity index (χ0v) is 36.8. The van der Waals surface area contributed by atoms with Crippen LogP contribution < -0.4 is 5.32 Å². The first-order valence-electron chi connectivity index (χ1n) is 22.7. The van der Waals surface area contributed by atoms with Crippen molar-refractivity contribution in [3.05, 3.63) is 222 Å². The molecule has 0 radical (unpaired) electrons. The summed E-state index contributed by atoms with van der Waals surface area (Å²) < 4.78 is 12.2. The van der Waals surface area contributed by atoms with Gasteiger partial charge in [0.1, 0.15) is 23.0 Å². The van der Waals surface area contributed by atoms with Crippen molar-refractivity contribution < 1.29 is 4.42 Å². The Morgan fingerprint density at radius 3 is 1.98 bits per heavy atom. The van der Waals surface area contributed by atoms with E-state index in [4.69, 9.17) is 14.4 Å². The maximum Gasteiger partial charge on any atom is 0.169 e. The van der Waals surface area contributed by atoms with Crippen LogP contribution in [-0.4, -0.2) is 16.2 Å². The zero-order valence-electron chi connectivity index (χ0n) is 35.9. The molecular formula is C60H40N4OS. The van der Waals surface area contributed by atoms with E-state index in [1.165, 1.54) is 63.7 Å². The number of thiophene rings is 1. The number of aliphatic imine (C=N–C) groups is 2. The number of nitrogens with one attached hydrogen (secondary N) is 1. The van der Waals surface area contributed by atoms with Crippen molar-refractivity contribution in [3.8, 4) is 11.1 Å². The lowest BCUT2D eigenvalue weighted by molar-refractivity contribution is 0.469. The molecule has 1 aliphatic heterocycles. The van der Waals surface area contributed by atoms with Crippen LogP contribution in [0.4, 0.5) is 0 Å². The molecule has 0 spiro atoms. The molecule has 3 unspecified atom stereocenters. The fourth-order valence-corrected chi connectivity index (χ4v) is 12.0. The van der Waals surface area contributed by atoms with Crippen molar-refractivity contribution in [1.82, 2.24) is 9.88 Å². The molecule has 0 saturated heterocycles. The Labute approximate surface area is 384 Å². The maximum absolute atomic E-state index is 7.05. The summed E-state index contributed by atoms with van der Waals surface area (Å²) in [6, 6.07) is 70.0. The normalized spacial score (nSPS) is 17.4. The third-order valence-electron chi connectivity index (χ3n) is 14.0. The van der Waals surface area contributed by atoms with Gasteiger partial charge in [0, 0.05) is 64.5 Å². The van der Waals surface area contributed by atoms with Crippen molar-refractivity contribution in [1.29, 1.82) is 0 Å². The van der Waals surface area contributed by atoms with Crippen LogP contribution in [0, 0.1) is 5.92 Å². The summed E-state index contributed by atoms with van der Waals surface area (Å²) in [6.45, 7) is 2.37. The standard InChI is InChI=1S/C60H40N4OS/c1-35-47(60-62-58(42-21-13-20-37(28-42)36-14-3-2-4-15-36)61-59(63-60)43-26-27-46-45-23-10-12-25-54(45)66-55(46)33-43)34-53-56(49-30-39-17-6-8-19-41(39)32-52(49)65-53)57(35)64-50-24-11-9-22-44(50)48-29-38-16-5-7-18-40(38)31-51(48)64/h2-35,57,59H,1H3,(H,61,62,63). The first-order chi connectivity index (χ1) is 32.6. The molecule has 2 aliphatic rings. The van der Waals surface area contributed by atoms with Gasteiger partial charge in [-0.1, -0.05) is 153 Å². The average molecular weight is 865 g/mol. The Morgan fingerprint density at radius 1 is 0.500 bits per heavy atom. The first kappa shape index (κ1) is 37.3. The van der Waals surface area contributed by atoms with Gasteiger partial charge in [0.05, 0.1) is 11.6 Å². The number of amidine groups is 2. The van der Waals surface area contributed by atoms with Crippen LogP contribution in [0.1, 0.15) is 41.6 Å². The molecule has 0 bridgehead atoms. The number of nitrogens with zero attached hydrogens (tertiary/aromatic N) is 3. The van der Waals surface area contributed by atoms with Crippen LogP contribution in [0.15, 0.2) is 214 Å². The van der Waals surface area contributed by atoms with Crippen molar-refractivity contribution in [2.24, 2.45) is 15.9 Å². The number of fused-ring (bicyclic) bond motifs is 11. The van der Waals surface area contributed by atoms with Gasteiger partial charge in [-0.25, -0.2) is 9.98 Å². The Morgan fingerprint density at radius 2 is 1.15 bits per heavy atom. The predicted molar refractivity (Wildman–Crippen MR) is 277 cm³/mol. The van der Waals surface area contributed by atoms with E-state index in [2.05, 4.69) is 217 Å². The number of para-hydroxylation sites is 1. The van der Waals surface area contributed by atoms with Gasteiger partial charge >= 0.3 is 0 Å². The van der Waals surface area contributed by atoms with Crippen LogP contribution in [0.3, 0.4) is 0 Å². The van der Waals surface area contributed by atoms with Crippen molar-refractivity contribution in [2.45, 2.75) is 19.1 Å². The molecule has 12 aromatic rings. The molecule has 4 heterocycles. The smallest absolute Gasteiger partial charge is 0.169 e. The highest BCUT2D eigenvalue weighted by molar-refractivity contribution is 7.25. The van der Waals surface area contributed by atoms with Crippen LogP contribution in [0.5, 0.6) is 0 Å². The van der Waals surface area contributed by atoms with Crippen LogP contribution in [0.25, 0.3) is 91.7 Å². The topological polar surface area (TPSA) is 54.8 Å². The van der Waals surface area contributed by atoms with E-state index in [1.54, 1.807) is 0 Å². The van der Waals surface area contributed by atoms with E-state index in [-0.39, 0.29) is 12.0 Å². The summed E-state index contributed by atoms with van der Waals surface area (Å²) in [7, 11) is 0. The highest BCUT2D eigenvalue weighted by Gasteiger charge is 2.39. The minimum Gasteiger partial charge on any atom is -0.456 e. The Hall–Kier alpha value is -8.06. The molecule has 312 valence electrons. The number of furan rings is 1. The van der Waals surface area contributed by atoms with Crippen LogP contribution in [-0.2, 0) is 0 Å². The van der Waals surface area contributed by atoms with E-state index >= 15 is 0 Å². The molecule has 0 amide bonds. The molecule has 14 rings (SSSR count). The molecule has 0 fully saturated rings. The van der Waals surface area contributed by atoms with E-state index in [0.717, 1.165) is 61.6 Å². The zero-order chi connectivity index (χ0) is 43.5. The SMILES string of the molecule is CC1C(C2=NC(c3ccc4c(c3)sc3ccccc34)N=C(c3cccc(-c4ccccc4)c3)N2)=Cc2oc3cc4ccccc4cc3c2C1n1c2ccccc2c2cc3ccccc3cc21. The lowest BCUT2D eigenvalue weighted by Crippen LogP contribution is -2.39. The van der Waals surface area contributed by atoms with Gasteiger partial charge in [0.2, 0.25) is 0 Å². The molecule has 5 nitrogen and oxygen atoms in total. The second-order valence-electron chi connectivity index (χ2n) is 17.8. The van der Waals surface area contributed by atoms with E-state index in [1.807, 2.05) is 11.3 Å². The van der Waals surface area contributed by atoms with Gasteiger partial charge in [-0.3, -0.25) is 0 Å². The molecule has 9 aromatic carbocycles. The molecule has 3 aromatic heterocycles. The third kappa shape index (κ3) is 5.78. The number of hydrogen-bond donors (Lipinski definition) is 1. The van der Waals surface area contributed by atoms with Crippen LogP contribution >= 0.6 is 11.3 Å². The third-order valence-corrected chi connectivity index (χ3v) is 15.1. The average Bonchev–Trinajstić information content (AvgIpc) is 4.03. The first-order valence-corrected chi connectivity index (χ1v) is 23.5. The Bertz CT molecular complexity index is 4070. The quantitative estimate of drug-likeness (QED) is 0.187. The van der Waals surface area contributed by atoms with Gasteiger partial charge in [-0.15, -0.1) is 11.3 Å². The molecular weight excluding hydrogens is 825 g/mol. The number of hydrogen-bond acceptors (Lipinski definition) is 5. The van der Waals surface area contributed by atoms with Crippen LogP contribution in [0.2, 0.25) is 0 Å². The summed E-state index contributed by atoms with van der Waals surface area (Å²) in [5.41, 5.74) is 9.88. The van der Waals surface area contributed by atoms with E-state index < -0.39 is 6.17 Å². The second kappa shape index (κ2) is 14.5. The molecule has 0 saturated carbocycles. The summed E-state index contributed by atoms with van der Waals surface area (Å²) in [5, 5.41) is 14.8. The fraction of sp³-hybridized carbons (Fsp3) is 0.0667. The van der Waals surface area contributed by atoms with Crippen molar-refractivity contribution in [2.75, 3.05) is 0 Å². The summed E-state index contributed by atoms with van der Waals surface area (Å²) in [4.78, 5) is 11.0. The van der Waals surface area contributed by atoms with Crippen molar-refractivity contribution >= 4 is 104 Å². The minimum atomic E-state index is -0.486. The number of rotatable bonds is 5. The van der Waals surface area contributed by atoms with E-state index in [0.29, 0.717) is 0 Å². The van der Waals surface area contributed by atoms with Gasteiger partial charge in [0.25, 0.3) is 0 Å². The highest BCUT2D eigenvalue weighted by Crippen LogP contribution is 2.49. The summed E-state index contributed by atoms with van der Waals surface area (Å²) in [5.74, 6) is 2.38. The van der Waals surface area contributed by atoms with Gasteiger partial charge < -0.3 is 14.3 Å². The van der Waals surface area contributed by atoms with E-state index in [9.17, 15) is 0 Å². The lowest BCUT2D eigenvalue weighted by atomic mass is 9.80. The molecule has 6 heteroatoms. The molecule has 1 N–H and O–H groups in total. The number of benzene rings is 9. The van der Waals surface area contributed by atoms with Crippen molar-refractivity contribution in [3.63, 3.8) is 0 Å². The predicted octanol–water partition coefficient (Wildman–Crippen LogP) is 15.7. The van der Waals surface area contributed by atoms with Gasteiger partial charge in [0.15, 0.2) is 6.17 Å². The Kier molecular flexibility index (Phi) is 8.19. The monoisotopic (exact) mass is 864 g/mol.